The van der Waals surface area contributed by atoms with Crippen molar-refractivity contribution in [1.82, 2.24) is 5.32 Å². The molecule has 1 aliphatic rings. The minimum absolute atomic E-state index is 0. The van der Waals surface area contributed by atoms with Gasteiger partial charge < -0.3 is 16.4 Å². The number of amides is 1. The number of aryl methyl sites for hydroxylation is 2. The highest BCUT2D eigenvalue weighted by molar-refractivity contribution is 14.0. The van der Waals surface area contributed by atoms with Crippen LogP contribution in [0.15, 0.2) is 23.2 Å². The maximum atomic E-state index is 11.6. The Bertz CT molecular complexity index is 560. The highest BCUT2D eigenvalue weighted by atomic mass is 127. The molecule has 0 bridgehead atoms. The Kier molecular flexibility index (Phi) is 8.36. The summed E-state index contributed by atoms with van der Waals surface area (Å²) in [6, 6.07) is 6.53. The smallest absolute Gasteiger partial charge is 0.222 e. The summed E-state index contributed by atoms with van der Waals surface area (Å²) in [5.74, 6) is 0.373. The molecule has 0 saturated heterocycles. The Balaban J connectivity index is 0.00000264. The number of carbonyl (C=O) groups is 1. The van der Waals surface area contributed by atoms with E-state index in [1.54, 1.807) is 0 Å². The van der Waals surface area contributed by atoms with Gasteiger partial charge in [-0.25, -0.2) is 0 Å². The first-order chi connectivity index (χ1) is 10.6. The largest absolute Gasteiger partial charge is 0.370 e. The van der Waals surface area contributed by atoms with Crippen molar-refractivity contribution in [1.29, 1.82) is 0 Å². The molecule has 0 aliphatic heterocycles. The molecule has 0 saturated carbocycles. The highest BCUT2D eigenvalue weighted by Gasteiger charge is 2.11. The zero-order valence-electron chi connectivity index (χ0n) is 13.9. The van der Waals surface area contributed by atoms with E-state index >= 15 is 0 Å². The van der Waals surface area contributed by atoms with Crippen molar-refractivity contribution in [2.75, 3.05) is 11.9 Å². The molecule has 1 aromatic carbocycles. The molecule has 0 fully saturated rings. The SMILES string of the molecule is CCC(C)NC(=O)CCN=C(N)Nc1ccc2c(c1)CCC2.I. The molecule has 0 spiro atoms. The lowest BCUT2D eigenvalue weighted by atomic mass is 10.1. The molecule has 0 radical (unpaired) electrons. The lowest BCUT2D eigenvalue weighted by Crippen LogP contribution is -2.32. The fourth-order valence-corrected chi connectivity index (χ4v) is 2.56. The zero-order chi connectivity index (χ0) is 15.9. The van der Waals surface area contributed by atoms with Gasteiger partial charge in [-0.1, -0.05) is 13.0 Å². The summed E-state index contributed by atoms with van der Waals surface area (Å²) in [4.78, 5) is 15.8. The summed E-state index contributed by atoms with van der Waals surface area (Å²) in [6.45, 7) is 4.43. The van der Waals surface area contributed by atoms with Gasteiger partial charge in [0.15, 0.2) is 5.96 Å². The second-order valence-corrected chi connectivity index (χ2v) is 5.86. The number of carbonyl (C=O) groups excluding carboxylic acids is 1. The van der Waals surface area contributed by atoms with Gasteiger partial charge in [0.2, 0.25) is 5.91 Å². The number of nitrogens with zero attached hydrogens (tertiary/aromatic N) is 1. The first-order valence-corrected chi connectivity index (χ1v) is 8.06. The predicted octanol–water partition coefficient (Wildman–Crippen LogP) is 2.82. The molecule has 6 heteroatoms. The molecular weight excluding hydrogens is 403 g/mol. The van der Waals surface area contributed by atoms with Gasteiger partial charge in [0.25, 0.3) is 0 Å². The van der Waals surface area contributed by atoms with Gasteiger partial charge in [-0.05, 0) is 55.9 Å². The van der Waals surface area contributed by atoms with Crippen LogP contribution >= 0.6 is 24.0 Å². The number of anilines is 1. The molecule has 23 heavy (non-hydrogen) atoms. The molecule has 4 N–H and O–H groups in total. The number of fused-ring (bicyclic) bond motifs is 1. The molecule has 1 unspecified atom stereocenters. The molecule has 1 atom stereocenters. The van der Waals surface area contributed by atoms with E-state index < -0.39 is 0 Å². The van der Waals surface area contributed by atoms with Crippen LogP contribution in [0.2, 0.25) is 0 Å². The normalized spacial score (nSPS) is 14.6. The van der Waals surface area contributed by atoms with Gasteiger partial charge in [-0.2, -0.15) is 0 Å². The van der Waals surface area contributed by atoms with Crippen LogP contribution in [0.5, 0.6) is 0 Å². The predicted molar refractivity (Wildman–Crippen MR) is 107 cm³/mol. The maximum Gasteiger partial charge on any atom is 0.222 e. The molecule has 2 rings (SSSR count). The molecule has 1 aromatic rings. The lowest BCUT2D eigenvalue weighted by Gasteiger charge is -2.10. The summed E-state index contributed by atoms with van der Waals surface area (Å²) in [5, 5.41) is 6.01. The molecule has 0 heterocycles. The molecule has 1 aliphatic carbocycles. The number of rotatable bonds is 6. The summed E-state index contributed by atoms with van der Waals surface area (Å²) in [6.07, 6.45) is 4.82. The summed E-state index contributed by atoms with van der Waals surface area (Å²) < 4.78 is 0. The van der Waals surface area contributed by atoms with Crippen molar-refractivity contribution < 1.29 is 4.79 Å². The third-order valence-corrected chi connectivity index (χ3v) is 4.01. The molecule has 5 nitrogen and oxygen atoms in total. The average Bonchev–Trinajstić information content (AvgIpc) is 2.94. The van der Waals surface area contributed by atoms with Crippen LogP contribution in [0.3, 0.4) is 0 Å². The maximum absolute atomic E-state index is 11.6. The Labute approximate surface area is 155 Å². The number of benzene rings is 1. The minimum atomic E-state index is 0. The van der Waals surface area contributed by atoms with Crippen molar-refractivity contribution in [2.45, 2.75) is 52.0 Å². The summed E-state index contributed by atoms with van der Waals surface area (Å²) in [7, 11) is 0. The van der Waals surface area contributed by atoms with Gasteiger partial charge >= 0.3 is 0 Å². The standard InChI is InChI=1S/C17H26N4O.HI/c1-3-12(2)20-16(22)9-10-19-17(18)21-15-8-7-13-5-4-6-14(13)11-15;/h7-8,11-12H,3-6,9-10H2,1-2H3,(H,20,22)(H3,18,19,21);1H. The van der Waals surface area contributed by atoms with Crippen molar-refractivity contribution in [3.05, 3.63) is 29.3 Å². The number of nitrogens with two attached hydrogens (primary N) is 1. The van der Waals surface area contributed by atoms with Gasteiger partial charge in [0.1, 0.15) is 0 Å². The van der Waals surface area contributed by atoms with Crippen molar-refractivity contribution in [3.63, 3.8) is 0 Å². The van der Waals surface area contributed by atoms with E-state index in [4.69, 9.17) is 5.73 Å². The van der Waals surface area contributed by atoms with Crippen LogP contribution in [-0.2, 0) is 17.6 Å². The molecule has 1 amide bonds. The second kappa shape index (κ2) is 9.75. The van der Waals surface area contributed by atoms with Crippen LogP contribution < -0.4 is 16.4 Å². The van der Waals surface area contributed by atoms with Gasteiger partial charge in [0.05, 0.1) is 6.54 Å². The second-order valence-electron chi connectivity index (χ2n) is 5.86. The molecular formula is C17H27IN4O. The Morgan fingerprint density at radius 2 is 2.09 bits per heavy atom. The van der Waals surface area contributed by atoms with Crippen LogP contribution in [0, 0.1) is 0 Å². The van der Waals surface area contributed by atoms with Crippen LogP contribution in [0.1, 0.15) is 44.2 Å². The lowest BCUT2D eigenvalue weighted by molar-refractivity contribution is -0.121. The number of hydrogen-bond donors (Lipinski definition) is 3. The highest BCUT2D eigenvalue weighted by Crippen LogP contribution is 2.24. The molecule has 0 aromatic heterocycles. The quantitative estimate of drug-likeness (QED) is 0.369. The van der Waals surface area contributed by atoms with Gasteiger partial charge in [-0.3, -0.25) is 9.79 Å². The first-order valence-electron chi connectivity index (χ1n) is 8.06. The Hall–Kier alpha value is -1.31. The van der Waals surface area contributed by atoms with E-state index in [0.717, 1.165) is 18.5 Å². The summed E-state index contributed by atoms with van der Waals surface area (Å²) in [5.41, 5.74) is 9.66. The van der Waals surface area contributed by atoms with E-state index in [1.165, 1.54) is 24.0 Å². The van der Waals surface area contributed by atoms with E-state index in [0.29, 0.717) is 18.9 Å². The third-order valence-electron chi connectivity index (χ3n) is 4.01. The van der Waals surface area contributed by atoms with E-state index in [1.807, 2.05) is 19.9 Å². The minimum Gasteiger partial charge on any atom is -0.370 e. The third kappa shape index (κ3) is 6.37. The van der Waals surface area contributed by atoms with Crippen molar-refractivity contribution in [2.24, 2.45) is 10.7 Å². The number of halogens is 1. The number of nitrogens with one attached hydrogen (secondary N) is 2. The van der Waals surface area contributed by atoms with E-state index in [-0.39, 0.29) is 35.9 Å². The van der Waals surface area contributed by atoms with Crippen LogP contribution in [-0.4, -0.2) is 24.5 Å². The van der Waals surface area contributed by atoms with E-state index in [9.17, 15) is 4.79 Å². The fourth-order valence-electron chi connectivity index (χ4n) is 2.56. The number of aliphatic imine (C=N–C) groups is 1. The average molecular weight is 430 g/mol. The fraction of sp³-hybridized carbons (Fsp3) is 0.529. The van der Waals surface area contributed by atoms with Gasteiger partial charge in [0, 0.05) is 18.2 Å². The van der Waals surface area contributed by atoms with Gasteiger partial charge in [-0.15, -0.1) is 24.0 Å². The molecule has 128 valence electrons. The Morgan fingerprint density at radius 1 is 1.35 bits per heavy atom. The van der Waals surface area contributed by atoms with Crippen molar-refractivity contribution >= 4 is 41.5 Å². The number of hydrogen-bond acceptors (Lipinski definition) is 2. The Morgan fingerprint density at radius 3 is 2.83 bits per heavy atom. The van der Waals surface area contributed by atoms with E-state index in [2.05, 4.69) is 27.8 Å². The first kappa shape index (κ1) is 19.7. The zero-order valence-corrected chi connectivity index (χ0v) is 16.2. The van der Waals surface area contributed by atoms with Crippen molar-refractivity contribution in [3.8, 4) is 0 Å². The summed E-state index contributed by atoms with van der Waals surface area (Å²) >= 11 is 0. The number of guanidine groups is 1. The van der Waals surface area contributed by atoms with Crippen LogP contribution in [0.4, 0.5) is 5.69 Å². The van der Waals surface area contributed by atoms with Crippen LogP contribution in [0.25, 0.3) is 0 Å². The monoisotopic (exact) mass is 430 g/mol. The topological polar surface area (TPSA) is 79.5 Å².